The fourth-order valence-corrected chi connectivity index (χ4v) is 2.49. The first kappa shape index (κ1) is 16.7. The third kappa shape index (κ3) is 4.68. The van der Waals surface area contributed by atoms with Gasteiger partial charge in [0.05, 0.1) is 18.3 Å². The van der Waals surface area contributed by atoms with Gasteiger partial charge in [-0.25, -0.2) is 0 Å². The molecule has 0 saturated heterocycles. The summed E-state index contributed by atoms with van der Waals surface area (Å²) in [5.41, 5.74) is 3.56. The lowest BCUT2D eigenvalue weighted by Gasteiger charge is -2.18. The summed E-state index contributed by atoms with van der Waals surface area (Å²) >= 11 is 0. The van der Waals surface area contributed by atoms with Crippen LogP contribution < -0.4 is 5.32 Å². The number of nitrogens with one attached hydrogen (secondary N) is 1. The fourth-order valence-electron chi connectivity index (χ4n) is 2.49. The van der Waals surface area contributed by atoms with Crippen molar-refractivity contribution in [1.82, 2.24) is 15.1 Å². The molecule has 0 radical (unpaired) electrons. The Morgan fingerprint density at radius 2 is 1.91 bits per heavy atom. The number of rotatable bonds is 6. The highest BCUT2D eigenvalue weighted by atomic mass is 16.3. The molecule has 0 fully saturated rings. The second kappa shape index (κ2) is 7.07. The standard InChI is InChI=1S/C18H27N3O/c1-14(22)10-19-11-16-13-21(20-17(16)18(2,3)4)12-15-8-6-5-7-9-15/h5-9,13-14,19,22H,10-12H2,1-4H3. The predicted molar refractivity (Wildman–Crippen MR) is 89.9 cm³/mol. The van der Waals surface area contributed by atoms with Crippen LogP contribution in [0.3, 0.4) is 0 Å². The zero-order valence-corrected chi connectivity index (χ0v) is 14.0. The van der Waals surface area contributed by atoms with Crippen molar-refractivity contribution in [2.24, 2.45) is 0 Å². The highest BCUT2D eigenvalue weighted by Crippen LogP contribution is 2.24. The second-order valence-corrected chi connectivity index (χ2v) is 6.92. The van der Waals surface area contributed by atoms with Crippen LogP contribution in [0.1, 0.15) is 44.5 Å². The summed E-state index contributed by atoms with van der Waals surface area (Å²) in [5.74, 6) is 0. The van der Waals surface area contributed by atoms with Gasteiger partial charge in [0, 0.05) is 30.3 Å². The summed E-state index contributed by atoms with van der Waals surface area (Å²) in [6.45, 7) is 10.4. The Bertz CT molecular complexity index is 582. The molecule has 1 aromatic heterocycles. The SMILES string of the molecule is CC(O)CNCc1cn(Cc2ccccc2)nc1C(C)(C)C. The molecule has 1 aromatic carbocycles. The lowest BCUT2D eigenvalue weighted by atomic mass is 9.89. The van der Waals surface area contributed by atoms with E-state index in [1.807, 2.05) is 10.7 Å². The number of nitrogens with zero attached hydrogens (tertiary/aromatic N) is 2. The van der Waals surface area contributed by atoms with Crippen molar-refractivity contribution in [2.75, 3.05) is 6.54 Å². The Morgan fingerprint density at radius 3 is 2.50 bits per heavy atom. The first-order valence-electron chi connectivity index (χ1n) is 7.86. The minimum absolute atomic E-state index is 0.00375. The lowest BCUT2D eigenvalue weighted by Crippen LogP contribution is -2.25. The van der Waals surface area contributed by atoms with Gasteiger partial charge in [-0.3, -0.25) is 4.68 Å². The van der Waals surface area contributed by atoms with E-state index in [9.17, 15) is 5.11 Å². The Hall–Kier alpha value is -1.65. The van der Waals surface area contributed by atoms with Crippen LogP contribution in [0.25, 0.3) is 0 Å². The van der Waals surface area contributed by atoms with Gasteiger partial charge in [0.2, 0.25) is 0 Å². The zero-order chi connectivity index (χ0) is 16.2. The molecule has 1 unspecified atom stereocenters. The van der Waals surface area contributed by atoms with E-state index >= 15 is 0 Å². The van der Waals surface area contributed by atoms with Crippen LogP contribution in [0, 0.1) is 0 Å². The van der Waals surface area contributed by atoms with Crippen molar-refractivity contribution in [3.8, 4) is 0 Å². The van der Waals surface area contributed by atoms with E-state index in [4.69, 9.17) is 5.10 Å². The van der Waals surface area contributed by atoms with Gasteiger partial charge in [-0.15, -0.1) is 0 Å². The van der Waals surface area contributed by atoms with Gasteiger partial charge in [-0.05, 0) is 12.5 Å². The summed E-state index contributed by atoms with van der Waals surface area (Å²) in [6.07, 6.45) is 1.78. The average molecular weight is 301 g/mol. The topological polar surface area (TPSA) is 50.1 Å². The molecule has 4 nitrogen and oxygen atoms in total. The Kier molecular flexibility index (Phi) is 5.37. The third-order valence-corrected chi connectivity index (χ3v) is 3.49. The number of hydrogen-bond donors (Lipinski definition) is 2. The number of aliphatic hydroxyl groups is 1. The summed E-state index contributed by atoms with van der Waals surface area (Å²) in [7, 11) is 0. The molecule has 2 aromatic rings. The van der Waals surface area contributed by atoms with Gasteiger partial charge >= 0.3 is 0 Å². The van der Waals surface area contributed by atoms with Gasteiger partial charge < -0.3 is 10.4 Å². The molecule has 0 bridgehead atoms. The smallest absolute Gasteiger partial charge is 0.0723 e. The monoisotopic (exact) mass is 301 g/mol. The van der Waals surface area contributed by atoms with E-state index in [2.05, 4.69) is 56.6 Å². The minimum Gasteiger partial charge on any atom is -0.392 e. The molecular weight excluding hydrogens is 274 g/mol. The van der Waals surface area contributed by atoms with Crippen molar-refractivity contribution in [2.45, 2.75) is 52.3 Å². The van der Waals surface area contributed by atoms with Gasteiger partial charge in [-0.1, -0.05) is 51.1 Å². The Balaban J connectivity index is 2.16. The van der Waals surface area contributed by atoms with Crippen LogP contribution in [-0.2, 0) is 18.5 Å². The van der Waals surface area contributed by atoms with Gasteiger partial charge in [0.25, 0.3) is 0 Å². The van der Waals surface area contributed by atoms with Gasteiger partial charge in [0.1, 0.15) is 0 Å². The largest absolute Gasteiger partial charge is 0.392 e. The van der Waals surface area contributed by atoms with Crippen molar-refractivity contribution in [1.29, 1.82) is 0 Å². The van der Waals surface area contributed by atoms with Crippen LogP contribution in [-0.4, -0.2) is 27.5 Å². The van der Waals surface area contributed by atoms with E-state index in [-0.39, 0.29) is 11.5 Å². The van der Waals surface area contributed by atoms with Crippen LogP contribution in [0.15, 0.2) is 36.5 Å². The highest BCUT2D eigenvalue weighted by molar-refractivity contribution is 5.25. The van der Waals surface area contributed by atoms with E-state index < -0.39 is 0 Å². The Labute approximate surface area is 133 Å². The van der Waals surface area contributed by atoms with E-state index in [1.165, 1.54) is 11.1 Å². The summed E-state index contributed by atoms with van der Waals surface area (Å²) in [5, 5.41) is 17.5. The minimum atomic E-state index is -0.336. The molecule has 1 atom stereocenters. The summed E-state index contributed by atoms with van der Waals surface area (Å²) < 4.78 is 2.01. The van der Waals surface area contributed by atoms with Crippen LogP contribution in [0.2, 0.25) is 0 Å². The maximum Gasteiger partial charge on any atom is 0.0723 e. The molecule has 0 aliphatic carbocycles. The number of hydrogen-bond acceptors (Lipinski definition) is 3. The number of benzene rings is 1. The first-order chi connectivity index (χ1) is 10.4. The first-order valence-corrected chi connectivity index (χ1v) is 7.86. The number of aliphatic hydroxyl groups excluding tert-OH is 1. The van der Waals surface area contributed by atoms with Gasteiger partial charge in [0.15, 0.2) is 0 Å². The maximum absolute atomic E-state index is 9.38. The van der Waals surface area contributed by atoms with Crippen molar-refractivity contribution in [3.63, 3.8) is 0 Å². The van der Waals surface area contributed by atoms with Crippen LogP contribution in [0.4, 0.5) is 0 Å². The number of aromatic nitrogens is 2. The van der Waals surface area contributed by atoms with Crippen molar-refractivity contribution >= 4 is 0 Å². The molecule has 0 aliphatic rings. The molecule has 0 spiro atoms. The molecule has 2 N–H and O–H groups in total. The maximum atomic E-state index is 9.38. The molecule has 0 amide bonds. The third-order valence-electron chi connectivity index (χ3n) is 3.49. The zero-order valence-electron chi connectivity index (χ0n) is 14.0. The molecule has 22 heavy (non-hydrogen) atoms. The molecule has 0 saturated carbocycles. The second-order valence-electron chi connectivity index (χ2n) is 6.92. The quantitative estimate of drug-likeness (QED) is 0.862. The molecule has 2 rings (SSSR count). The molecule has 0 aliphatic heterocycles. The van der Waals surface area contributed by atoms with Crippen molar-refractivity contribution < 1.29 is 5.11 Å². The van der Waals surface area contributed by atoms with Crippen LogP contribution in [0.5, 0.6) is 0 Å². The van der Waals surface area contributed by atoms with Gasteiger partial charge in [-0.2, -0.15) is 5.10 Å². The molecule has 120 valence electrons. The molecule has 1 heterocycles. The summed E-state index contributed by atoms with van der Waals surface area (Å²) in [4.78, 5) is 0. The average Bonchev–Trinajstić information content (AvgIpc) is 2.82. The van der Waals surface area contributed by atoms with Crippen LogP contribution >= 0.6 is 0 Å². The highest BCUT2D eigenvalue weighted by Gasteiger charge is 2.22. The molecule has 4 heteroatoms. The Morgan fingerprint density at radius 1 is 1.23 bits per heavy atom. The van der Waals surface area contributed by atoms with E-state index in [1.54, 1.807) is 6.92 Å². The van der Waals surface area contributed by atoms with E-state index in [0.717, 1.165) is 18.8 Å². The van der Waals surface area contributed by atoms with Crippen molar-refractivity contribution in [3.05, 3.63) is 53.3 Å². The predicted octanol–water partition coefficient (Wildman–Crippen LogP) is 2.70. The molecular formula is C18H27N3O. The summed E-state index contributed by atoms with van der Waals surface area (Å²) in [6, 6.07) is 10.4. The fraction of sp³-hybridized carbons (Fsp3) is 0.500. The van der Waals surface area contributed by atoms with E-state index in [0.29, 0.717) is 6.54 Å². The lowest BCUT2D eigenvalue weighted by molar-refractivity contribution is 0.191. The normalized spacial score (nSPS) is 13.3.